The molecule has 9 heteroatoms. The summed E-state index contributed by atoms with van der Waals surface area (Å²) >= 11 is 0. The normalized spacial score (nSPS) is 13.2. The van der Waals surface area contributed by atoms with E-state index in [4.69, 9.17) is 4.42 Å². The smallest absolute Gasteiger partial charge is 0.447 e. The van der Waals surface area contributed by atoms with Crippen LogP contribution in [-0.4, -0.2) is 16.5 Å². The maximum absolute atomic E-state index is 13.6. The number of fused-ring (bicyclic) bond motifs is 2. The number of nitrogens with zero attached hydrogens (tertiary/aromatic N) is 1. The number of halogens is 3. The lowest BCUT2D eigenvalue weighted by Gasteiger charge is -2.14. The van der Waals surface area contributed by atoms with Crippen molar-refractivity contribution in [3.63, 3.8) is 0 Å². The van der Waals surface area contributed by atoms with Crippen molar-refractivity contribution in [3.05, 3.63) is 86.9 Å². The van der Waals surface area contributed by atoms with Gasteiger partial charge in [0.2, 0.25) is 11.5 Å². The van der Waals surface area contributed by atoms with E-state index in [1.807, 2.05) is 0 Å². The molecule has 0 unspecified atom stereocenters. The lowest BCUT2D eigenvalue weighted by molar-refractivity contribution is -0.384. The molecule has 0 saturated carbocycles. The fourth-order valence-corrected chi connectivity index (χ4v) is 3.19. The van der Waals surface area contributed by atoms with Gasteiger partial charge in [-0.3, -0.25) is 19.7 Å². The van der Waals surface area contributed by atoms with Gasteiger partial charge in [-0.2, -0.15) is 13.2 Å². The Balaban J connectivity index is 2.06. The maximum Gasteiger partial charge on any atom is 0.450 e. The van der Waals surface area contributed by atoms with Crippen molar-refractivity contribution in [1.82, 2.24) is 0 Å². The molecule has 1 aliphatic carbocycles. The van der Waals surface area contributed by atoms with Crippen molar-refractivity contribution in [1.29, 1.82) is 0 Å². The van der Waals surface area contributed by atoms with Gasteiger partial charge in [-0.25, -0.2) is 0 Å². The number of nitro groups is 1. The van der Waals surface area contributed by atoms with Crippen molar-refractivity contribution in [2.45, 2.75) is 6.18 Å². The van der Waals surface area contributed by atoms with Crippen LogP contribution >= 0.6 is 0 Å². The summed E-state index contributed by atoms with van der Waals surface area (Å²) in [5, 5.41) is 11.0. The molecule has 0 spiro atoms. The van der Waals surface area contributed by atoms with Crippen LogP contribution < -0.4 is 0 Å². The molecule has 0 fully saturated rings. The average Bonchev–Trinajstić information content (AvgIpc) is 3.08. The number of alkyl halides is 3. The van der Waals surface area contributed by atoms with E-state index in [-0.39, 0.29) is 16.7 Å². The minimum Gasteiger partial charge on any atom is -0.447 e. The Morgan fingerprint density at radius 3 is 2.14 bits per heavy atom. The molecule has 1 aromatic heterocycles. The lowest BCUT2D eigenvalue weighted by atomic mass is 9.85. The molecule has 0 atom stereocenters. The standard InChI is InChI=1S/C19H8F3NO5/c20-19(21,22)18-13(9-4-3-5-10(8-9)23(26)27)14-15(24)11-6-1-2-7-12(11)16(25)17(14)28-18/h1-8H. The number of hydrogen-bond donors (Lipinski definition) is 0. The molecule has 0 amide bonds. The third-order valence-electron chi connectivity index (χ3n) is 4.36. The molecule has 0 N–H and O–H groups in total. The molecule has 6 nitrogen and oxygen atoms in total. The van der Waals surface area contributed by atoms with Crippen LogP contribution in [0.25, 0.3) is 11.1 Å². The Hall–Kier alpha value is -3.75. The summed E-state index contributed by atoms with van der Waals surface area (Å²) in [6.45, 7) is 0. The number of carbonyl (C=O) groups is 2. The molecule has 140 valence electrons. The first kappa shape index (κ1) is 17.7. The first-order valence-electron chi connectivity index (χ1n) is 7.87. The van der Waals surface area contributed by atoms with Crippen LogP contribution in [0.4, 0.5) is 18.9 Å². The molecule has 3 aromatic rings. The third-order valence-corrected chi connectivity index (χ3v) is 4.36. The Morgan fingerprint density at radius 2 is 1.54 bits per heavy atom. The van der Waals surface area contributed by atoms with Gasteiger partial charge in [0.05, 0.1) is 10.5 Å². The number of nitro benzene ring substituents is 1. The lowest BCUT2D eigenvalue weighted by Crippen LogP contribution is -2.19. The van der Waals surface area contributed by atoms with Crippen molar-refractivity contribution in [3.8, 4) is 11.1 Å². The quantitative estimate of drug-likeness (QED) is 0.369. The molecular weight excluding hydrogens is 379 g/mol. The van der Waals surface area contributed by atoms with Gasteiger partial charge in [-0.1, -0.05) is 36.4 Å². The first-order valence-corrected chi connectivity index (χ1v) is 7.87. The third kappa shape index (κ3) is 2.51. The Morgan fingerprint density at radius 1 is 0.893 bits per heavy atom. The van der Waals surface area contributed by atoms with E-state index < -0.39 is 51.0 Å². The number of carbonyl (C=O) groups excluding carboxylic acids is 2. The number of rotatable bonds is 2. The van der Waals surface area contributed by atoms with Gasteiger partial charge in [0.25, 0.3) is 5.69 Å². The van der Waals surface area contributed by atoms with E-state index in [0.29, 0.717) is 0 Å². The van der Waals surface area contributed by atoms with E-state index in [2.05, 4.69) is 0 Å². The van der Waals surface area contributed by atoms with Crippen molar-refractivity contribution in [2.24, 2.45) is 0 Å². The molecule has 4 rings (SSSR count). The van der Waals surface area contributed by atoms with Crippen LogP contribution in [0.15, 0.2) is 52.9 Å². The summed E-state index contributed by atoms with van der Waals surface area (Å²) in [4.78, 5) is 35.8. The van der Waals surface area contributed by atoms with Gasteiger partial charge in [-0.05, 0) is 5.56 Å². The Kier molecular flexibility index (Phi) is 3.71. The highest BCUT2D eigenvalue weighted by Crippen LogP contribution is 2.45. The minimum atomic E-state index is -5.02. The topological polar surface area (TPSA) is 90.4 Å². The number of non-ortho nitro benzene ring substituents is 1. The second-order valence-electron chi connectivity index (χ2n) is 6.02. The van der Waals surface area contributed by atoms with Crippen molar-refractivity contribution in [2.75, 3.05) is 0 Å². The first-order chi connectivity index (χ1) is 13.2. The molecule has 2 aromatic carbocycles. The van der Waals surface area contributed by atoms with Crippen LogP contribution in [-0.2, 0) is 6.18 Å². The van der Waals surface area contributed by atoms with Crippen LogP contribution in [0.3, 0.4) is 0 Å². The summed E-state index contributed by atoms with van der Waals surface area (Å²) in [6.07, 6.45) is -5.02. The largest absolute Gasteiger partial charge is 0.450 e. The van der Waals surface area contributed by atoms with Crippen LogP contribution in [0, 0.1) is 10.1 Å². The van der Waals surface area contributed by atoms with Crippen molar-refractivity contribution < 1.29 is 32.1 Å². The zero-order valence-electron chi connectivity index (χ0n) is 13.7. The predicted molar refractivity (Wildman–Crippen MR) is 89.1 cm³/mol. The summed E-state index contributed by atoms with van der Waals surface area (Å²) in [5.41, 5.74) is -2.05. The molecule has 0 aliphatic heterocycles. The fourth-order valence-electron chi connectivity index (χ4n) is 3.19. The number of benzene rings is 2. The van der Waals surface area contributed by atoms with E-state index in [1.54, 1.807) is 0 Å². The van der Waals surface area contributed by atoms with Gasteiger partial charge in [0.1, 0.15) is 0 Å². The van der Waals surface area contributed by atoms with Gasteiger partial charge >= 0.3 is 6.18 Å². The second-order valence-corrected chi connectivity index (χ2v) is 6.02. The molecular formula is C19H8F3NO5. The monoisotopic (exact) mass is 387 g/mol. The van der Waals surface area contributed by atoms with Gasteiger partial charge in [0.15, 0.2) is 11.5 Å². The van der Waals surface area contributed by atoms with Crippen LogP contribution in [0.1, 0.15) is 37.8 Å². The van der Waals surface area contributed by atoms with E-state index in [1.165, 1.54) is 36.4 Å². The number of ketones is 2. The van der Waals surface area contributed by atoms with Gasteiger partial charge in [-0.15, -0.1) is 0 Å². The number of hydrogen-bond acceptors (Lipinski definition) is 5. The van der Waals surface area contributed by atoms with E-state index in [0.717, 1.165) is 12.1 Å². The SMILES string of the molecule is O=C1c2ccccc2C(=O)c2c1oc(C(F)(F)F)c2-c1cccc([N+](=O)[O-])c1. The second kappa shape index (κ2) is 5.88. The van der Waals surface area contributed by atoms with Crippen LogP contribution in [0.2, 0.25) is 0 Å². The molecule has 1 aliphatic rings. The number of furan rings is 1. The van der Waals surface area contributed by atoms with E-state index >= 15 is 0 Å². The highest BCUT2D eigenvalue weighted by molar-refractivity contribution is 6.29. The van der Waals surface area contributed by atoms with Crippen LogP contribution in [0.5, 0.6) is 0 Å². The van der Waals surface area contributed by atoms with Crippen molar-refractivity contribution >= 4 is 17.3 Å². The minimum absolute atomic E-state index is 0.0544. The summed E-state index contributed by atoms with van der Waals surface area (Å²) < 4.78 is 45.7. The van der Waals surface area contributed by atoms with Gasteiger partial charge < -0.3 is 4.42 Å². The molecule has 1 heterocycles. The Bertz CT molecular complexity index is 1180. The van der Waals surface area contributed by atoms with E-state index in [9.17, 15) is 32.9 Å². The summed E-state index contributed by atoms with van der Waals surface area (Å²) in [5.74, 6) is -3.94. The Labute approximate surface area is 154 Å². The zero-order chi connectivity index (χ0) is 20.2. The summed E-state index contributed by atoms with van der Waals surface area (Å²) in [7, 11) is 0. The summed E-state index contributed by atoms with van der Waals surface area (Å²) in [6, 6.07) is 9.99. The zero-order valence-corrected chi connectivity index (χ0v) is 13.7. The molecule has 0 bridgehead atoms. The average molecular weight is 387 g/mol. The van der Waals surface area contributed by atoms with Gasteiger partial charge in [0, 0.05) is 28.8 Å². The highest BCUT2D eigenvalue weighted by atomic mass is 19.4. The maximum atomic E-state index is 13.6. The predicted octanol–water partition coefficient (Wildman–Crippen LogP) is 4.65. The molecule has 0 saturated heterocycles. The highest BCUT2D eigenvalue weighted by Gasteiger charge is 2.46. The molecule has 28 heavy (non-hydrogen) atoms. The fraction of sp³-hybridized carbons (Fsp3) is 0.0526. The molecule has 0 radical (unpaired) electrons.